The van der Waals surface area contributed by atoms with Gasteiger partial charge in [-0.3, -0.25) is 0 Å². The van der Waals surface area contributed by atoms with Gasteiger partial charge in [-0.05, 0) is 42.1 Å². The van der Waals surface area contributed by atoms with E-state index in [2.05, 4.69) is 12.0 Å². The Hall–Kier alpha value is -2.54. The molecule has 24 heavy (non-hydrogen) atoms. The molecular weight excluding hydrogens is 328 g/mol. The van der Waals surface area contributed by atoms with Crippen molar-refractivity contribution in [3.05, 3.63) is 52.3 Å². The van der Waals surface area contributed by atoms with Crippen molar-refractivity contribution in [2.75, 3.05) is 13.2 Å². The first-order valence-corrected chi connectivity index (χ1v) is 8.61. The van der Waals surface area contributed by atoms with Crippen LogP contribution in [-0.4, -0.2) is 23.0 Å². The Labute approximate surface area is 143 Å². The van der Waals surface area contributed by atoms with Crippen LogP contribution in [0.1, 0.15) is 13.3 Å². The van der Waals surface area contributed by atoms with Gasteiger partial charge in [0, 0.05) is 0 Å². The van der Waals surface area contributed by atoms with Crippen molar-refractivity contribution in [2.45, 2.75) is 19.9 Å². The third kappa shape index (κ3) is 4.05. The number of hydrogen-bond donors (Lipinski definition) is 0. The maximum atomic E-state index is 11.8. The lowest BCUT2D eigenvalue weighted by molar-refractivity contribution is 0.283. The molecule has 1 aromatic carbocycles. The first kappa shape index (κ1) is 16.3. The molecule has 7 heteroatoms. The van der Waals surface area contributed by atoms with E-state index in [1.807, 2.05) is 41.8 Å². The molecule has 0 amide bonds. The predicted octanol–water partition coefficient (Wildman–Crippen LogP) is 3.43. The lowest BCUT2D eigenvalue weighted by atomic mass is 10.3. The van der Waals surface area contributed by atoms with E-state index in [1.54, 1.807) is 0 Å². The van der Waals surface area contributed by atoms with Crippen LogP contribution in [0.25, 0.3) is 10.8 Å². The molecule has 2 heterocycles. The second-order valence-corrected chi connectivity index (χ2v) is 5.99. The normalized spacial score (nSPS) is 10.7. The summed E-state index contributed by atoms with van der Waals surface area (Å²) in [5.41, 5.74) is 0. The number of aromatic nitrogens is 2. The molecule has 0 fully saturated rings. The van der Waals surface area contributed by atoms with Crippen LogP contribution < -0.4 is 15.2 Å². The molecule has 0 radical (unpaired) electrons. The van der Waals surface area contributed by atoms with Gasteiger partial charge in [-0.2, -0.15) is 4.68 Å². The average molecular weight is 346 g/mol. The predicted molar refractivity (Wildman–Crippen MR) is 91.8 cm³/mol. The summed E-state index contributed by atoms with van der Waals surface area (Å²) in [6, 6.07) is 11.2. The van der Waals surface area contributed by atoms with Crippen LogP contribution >= 0.6 is 11.3 Å². The van der Waals surface area contributed by atoms with Crippen molar-refractivity contribution in [3.8, 4) is 22.3 Å². The number of benzene rings is 1. The number of ether oxygens (including phenoxy) is 2. The van der Waals surface area contributed by atoms with Crippen LogP contribution in [0.5, 0.6) is 11.5 Å². The van der Waals surface area contributed by atoms with E-state index in [1.165, 1.54) is 16.0 Å². The summed E-state index contributed by atoms with van der Waals surface area (Å²) in [6.07, 6.45) is 0.970. The third-order valence-corrected chi connectivity index (χ3v) is 4.06. The van der Waals surface area contributed by atoms with Crippen molar-refractivity contribution < 1.29 is 13.9 Å². The number of thiophene rings is 1. The summed E-state index contributed by atoms with van der Waals surface area (Å²) in [7, 11) is 0. The minimum atomic E-state index is -0.481. The van der Waals surface area contributed by atoms with Gasteiger partial charge in [0.2, 0.25) is 0 Å². The summed E-state index contributed by atoms with van der Waals surface area (Å²) in [5, 5.41) is 6.09. The molecule has 2 aromatic heterocycles. The van der Waals surface area contributed by atoms with E-state index in [-0.39, 0.29) is 0 Å². The summed E-state index contributed by atoms with van der Waals surface area (Å²) in [5.74, 6) is 1.39. The lowest BCUT2D eigenvalue weighted by Gasteiger charge is -2.07. The molecule has 0 aliphatic carbocycles. The molecule has 0 saturated heterocycles. The third-order valence-electron chi connectivity index (χ3n) is 3.21. The Kier molecular flexibility index (Phi) is 5.32. The Morgan fingerprint density at radius 2 is 1.83 bits per heavy atom. The van der Waals surface area contributed by atoms with Gasteiger partial charge in [0.05, 0.1) is 18.0 Å². The summed E-state index contributed by atoms with van der Waals surface area (Å²) < 4.78 is 17.6. The molecule has 0 spiro atoms. The molecule has 0 bridgehead atoms. The van der Waals surface area contributed by atoms with Crippen molar-refractivity contribution in [3.63, 3.8) is 0 Å². The van der Waals surface area contributed by atoms with Crippen molar-refractivity contribution >= 4 is 11.3 Å². The fourth-order valence-electron chi connectivity index (χ4n) is 2.05. The molecule has 126 valence electrons. The molecule has 0 saturated carbocycles. The molecule has 0 unspecified atom stereocenters. The topological polar surface area (TPSA) is 66.5 Å². The van der Waals surface area contributed by atoms with Crippen LogP contribution in [0.4, 0.5) is 0 Å². The summed E-state index contributed by atoms with van der Waals surface area (Å²) in [4.78, 5) is 12.6. The first-order valence-electron chi connectivity index (χ1n) is 7.74. The fourth-order valence-corrected chi connectivity index (χ4v) is 2.69. The van der Waals surface area contributed by atoms with Crippen molar-refractivity contribution in [1.29, 1.82) is 0 Å². The largest absolute Gasteiger partial charge is 0.494 e. The molecule has 0 atom stereocenters. The van der Waals surface area contributed by atoms with E-state index in [4.69, 9.17) is 13.9 Å². The highest BCUT2D eigenvalue weighted by atomic mass is 32.1. The highest BCUT2D eigenvalue weighted by Gasteiger charge is 2.10. The molecular formula is C17H18N2O4S. The Bertz CT molecular complexity index is 806. The van der Waals surface area contributed by atoms with Crippen LogP contribution in [0.15, 0.2) is 51.0 Å². The Morgan fingerprint density at radius 3 is 2.46 bits per heavy atom. The Balaban J connectivity index is 1.54. The zero-order valence-corrected chi connectivity index (χ0v) is 14.1. The highest BCUT2D eigenvalue weighted by molar-refractivity contribution is 7.13. The molecule has 3 aromatic rings. The van der Waals surface area contributed by atoms with E-state index < -0.39 is 5.76 Å². The zero-order valence-electron chi connectivity index (χ0n) is 13.3. The van der Waals surface area contributed by atoms with Gasteiger partial charge in [-0.15, -0.1) is 16.4 Å². The lowest BCUT2D eigenvalue weighted by Crippen LogP contribution is -2.20. The monoisotopic (exact) mass is 346 g/mol. The smallest absolute Gasteiger partial charge is 0.437 e. The van der Waals surface area contributed by atoms with E-state index in [9.17, 15) is 4.79 Å². The standard InChI is InChI=1S/C17H18N2O4S/c1-2-10-21-13-5-7-14(8-6-13)22-11-9-19-17(20)23-16(18-19)15-4-3-12-24-15/h3-8,12H,2,9-11H2,1H3. The van der Waals surface area contributed by atoms with Gasteiger partial charge >= 0.3 is 5.76 Å². The maximum absolute atomic E-state index is 11.8. The minimum absolute atomic E-state index is 0.321. The first-order chi connectivity index (χ1) is 11.8. The Morgan fingerprint density at radius 1 is 1.12 bits per heavy atom. The molecule has 0 aliphatic rings. The van der Waals surface area contributed by atoms with Crippen LogP contribution in [0.2, 0.25) is 0 Å². The fraction of sp³-hybridized carbons (Fsp3) is 0.294. The number of nitrogens with zero attached hydrogens (tertiary/aromatic N) is 2. The van der Waals surface area contributed by atoms with E-state index >= 15 is 0 Å². The van der Waals surface area contributed by atoms with Crippen LogP contribution in [0, 0.1) is 0 Å². The number of rotatable bonds is 8. The summed E-state index contributed by atoms with van der Waals surface area (Å²) in [6.45, 7) is 3.41. The number of hydrogen-bond acceptors (Lipinski definition) is 6. The van der Waals surface area contributed by atoms with E-state index in [0.717, 1.165) is 17.0 Å². The van der Waals surface area contributed by atoms with Gasteiger partial charge in [0.15, 0.2) is 0 Å². The van der Waals surface area contributed by atoms with Gasteiger partial charge in [-0.1, -0.05) is 13.0 Å². The molecule has 0 N–H and O–H groups in total. The minimum Gasteiger partial charge on any atom is -0.494 e. The molecule has 6 nitrogen and oxygen atoms in total. The van der Waals surface area contributed by atoms with E-state index in [0.29, 0.717) is 31.4 Å². The second kappa shape index (κ2) is 7.83. The van der Waals surface area contributed by atoms with Crippen LogP contribution in [0.3, 0.4) is 0 Å². The zero-order chi connectivity index (χ0) is 16.8. The van der Waals surface area contributed by atoms with Crippen LogP contribution in [-0.2, 0) is 6.54 Å². The molecule has 3 rings (SSSR count). The van der Waals surface area contributed by atoms with Gasteiger partial charge < -0.3 is 13.9 Å². The highest BCUT2D eigenvalue weighted by Crippen LogP contribution is 2.21. The quantitative estimate of drug-likeness (QED) is 0.625. The van der Waals surface area contributed by atoms with Gasteiger partial charge in [-0.25, -0.2) is 4.79 Å². The second-order valence-electron chi connectivity index (χ2n) is 5.04. The van der Waals surface area contributed by atoms with Crippen molar-refractivity contribution in [1.82, 2.24) is 9.78 Å². The van der Waals surface area contributed by atoms with Gasteiger partial charge in [0.25, 0.3) is 5.89 Å². The molecule has 0 aliphatic heterocycles. The SMILES string of the molecule is CCCOc1ccc(OCCn2nc(-c3cccs3)oc2=O)cc1. The van der Waals surface area contributed by atoms with Crippen molar-refractivity contribution in [2.24, 2.45) is 0 Å². The maximum Gasteiger partial charge on any atom is 0.437 e. The van der Waals surface area contributed by atoms with Gasteiger partial charge in [0.1, 0.15) is 18.1 Å². The average Bonchev–Trinajstić information content (AvgIpc) is 3.24. The summed E-state index contributed by atoms with van der Waals surface area (Å²) >= 11 is 1.47.